The first kappa shape index (κ1) is 49.2. The van der Waals surface area contributed by atoms with E-state index in [-0.39, 0.29) is 43.9 Å². The van der Waals surface area contributed by atoms with E-state index in [1.807, 2.05) is 137 Å². The van der Waals surface area contributed by atoms with Gasteiger partial charge in [0, 0.05) is 53.5 Å². The molecule has 6 atom stereocenters. The summed E-state index contributed by atoms with van der Waals surface area (Å²) in [6, 6.07) is 26.9. The highest BCUT2D eigenvalue weighted by atomic mass is 16.2. The smallest absolute Gasteiger partial charge is 0.243 e. The van der Waals surface area contributed by atoms with Crippen LogP contribution in [0.25, 0.3) is 21.8 Å². The molecule has 0 aliphatic rings. The van der Waals surface area contributed by atoms with Crippen LogP contribution in [0.4, 0.5) is 0 Å². The fraction of sp³-hybridized carbons (Fsp3) is 0.346. The van der Waals surface area contributed by atoms with E-state index in [9.17, 15) is 28.8 Å². The summed E-state index contributed by atoms with van der Waals surface area (Å²) in [5.41, 5.74) is 16.8. The molecule has 0 saturated heterocycles. The Hall–Kier alpha value is -7.26. The lowest BCUT2D eigenvalue weighted by Gasteiger charge is -2.28. The van der Waals surface area contributed by atoms with E-state index in [1.165, 1.54) is 0 Å². The number of amides is 6. The Kier molecular flexibility index (Phi) is 17.1. The predicted octanol–water partition coefficient (Wildman–Crippen LogP) is 4.25. The Morgan fingerprint density at radius 2 is 0.806 bits per heavy atom. The Morgan fingerprint density at radius 1 is 0.448 bits per heavy atom. The highest BCUT2D eigenvalue weighted by molar-refractivity contribution is 5.97. The van der Waals surface area contributed by atoms with Crippen LogP contribution in [0.15, 0.2) is 122 Å². The van der Waals surface area contributed by atoms with Crippen molar-refractivity contribution in [2.24, 2.45) is 23.3 Å². The molecule has 67 heavy (non-hydrogen) atoms. The number of rotatable bonds is 23. The van der Waals surface area contributed by atoms with Gasteiger partial charge in [-0.05, 0) is 65.5 Å². The van der Waals surface area contributed by atoms with E-state index in [1.54, 1.807) is 12.4 Å². The number of hydrogen-bond acceptors (Lipinski definition) is 7. The zero-order valence-corrected chi connectivity index (χ0v) is 38.5. The molecule has 0 unspecified atom stereocenters. The molecule has 0 radical (unpaired) electrons. The highest BCUT2D eigenvalue weighted by Crippen LogP contribution is 2.22. The zero-order chi connectivity index (χ0) is 48.0. The summed E-state index contributed by atoms with van der Waals surface area (Å²) in [4.78, 5) is 90.5. The third-order valence-electron chi connectivity index (χ3n) is 11.7. The average molecular weight is 910 g/mol. The average Bonchev–Trinajstić information content (AvgIpc) is 3.91. The normalized spacial score (nSPS) is 14.1. The van der Waals surface area contributed by atoms with Crippen LogP contribution in [0.2, 0.25) is 0 Å². The third-order valence-corrected chi connectivity index (χ3v) is 11.7. The summed E-state index contributed by atoms with van der Waals surface area (Å²) in [5.74, 6) is -3.78. The summed E-state index contributed by atoms with van der Waals surface area (Å²) >= 11 is 0. The lowest BCUT2D eigenvalue weighted by atomic mass is 9.98. The van der Waals surface area contributed by atoms with Gasteiger partial charge in [-0.1, -0.05) is 125 Å². The minimum Gasteiger partial charge on any atom is -0.368 e. The number of primary amides is 1. The fourth-order valence-corrected chi connectivity index (χ4v) is 8.27. The predicted molar refractivity (Wildman–Crippen MR) is 260 cm³/mol. The molecule has 11 N–H and O–H groups in total. The summed E-state index contributed by atoms with van der Waals surface area (Å²) in [6.45, 7) is 7.62. The molecule has 0 aliphatic heterocycles. The minimum absolute atomic E-state index is 0.0133. The highest BCUT2D eigenvalue weighted by Gasteiger charge is 2.34. The van der Waals surface area contributed by atoms with E-state index in [0.717, 1.165) is 44.1 Å². The Morgan fingerprint density at radius 3 is 1.27 bits per heavy atom. The number of aromatic nitrogens is 2. The van der Waals surface area contributed by atoms with Gasteiger partial charge < -0.3 is 48.0 Å². The monoisotopic (exact) mass is 909 g/mol. The van der Waals surface area contributed by atoms with Crippen LogP contribution in [-0.4, -0.2) is 81.7 Å². The van der Waals surface area contributed by atoms with E-state index in [2.05, 4.69) is 36.6 Å². The van der Waals surface area contributed by atoms with Gasteiger partial charge in [-0.25, -0.2) is 0 Å². The first-order valence-corrected chi connectivity index (χ1v) is 22.9. The number of H-pyrrole nitrogens is 2. The largest absolute Gasteiger partial charge is 0.368 e. The van der Waals surface area contributed by atoms with Gasteiger partial charge in [-0.3, -0.25) is 28.8 Å². The van der Waals surface area contributed by atoms with E-state index >= 15 is 0 Å². The van der Waals surface area contributed by atoms with E-state index in [4.69, 9.17) is 11.5 Å². The molecule has 0 saturated carbocycles. The topological polar surface area (TPSA) is 246 Å². The molecule has 0 bridgehead atoms. The van der Waals surface area contributed by atoms with Gasteiger partial charge in [-0.15, -0.1) is 0 Å². The number of fused-ring (bicyclic) bond motifs is 2. The first-order chi connectivity index (χ1) is 32.1. The summed E-state index contributed by atoms with van der Waals surface area (Å²) < 4.78 is 0. The maximum absolute atomic E-state index is 14.8. The van der Waals surface area contributed by atoms with Crippen LogP contribution >= 0.6 is 0 Å². The number of carbonyl (C=O) groups is 6. The maximum Gasteiger partial charge on any atom is 0.243 e. The van der Waals surface area contributed by atoms with Gasteiger partial charge in [0.25, 0.3) is 0 Å². The lowest BCUT2D eigenvalue weighted by molar-refractivity contribution is -0.135. The van der Waals surface area contributed by atoms with Crippen LogP contribution in [0.1, 0.15) is 62.8 Å². The summed E-state index contributed by atoms with van der Waals surface area (Å²) in [6.07, 6.45) is 4.43. The molecule has 4 aromatic carbocycles. The number of benzene rings is 4. The maximum atomic E-state index is 14.8. The molecule has 0 fully saturated rings. The first-order valence-electron chi connectivity index (χ1n) is 22.9. The quantitative estimate of drug-likeness (QED) is 0.0452. The van der Waals surface area contributed by atoms with Crippen LogP contribution in [0, 0.1) is 11.8 Å². The van der Waals surface area contributed by atoms with Gasteiger partial charge >= 0.3 is 0 Å². The number of carbonyl (C=O) groups excluding carboxylic acids is 6. The third kappa shape index (κ3) is 13.9. The van der Waals surface area contributed by atoms with E-state index < -0.39 is 71.7 Å². The molecule has 15 heteroatoms. The number of para-hydroxylation sites is 2. The van der Waals surface area contributed by atoms with Crippen molar-refractivity contribution in [1.82, 2.24) is 36.6 Å². The number of nitrogens with two attached hydrogens (primary N) is 2. The van der Waals surface area contributed by atoms with Crippen molar-refractivity contribution in [3.05, 3.63) is 144 Å². The second kappa shape index (κ2) is 23.3. The molecule has 6 amide bonds. The fourth-order valence-electron chi connectivity index (χ4n) is 8.27. The van der Waals surface area contributed by atoms with E-state index in [0.29, 0.717) is 6.42 Å². The number of hydrogen-bond donors (Lipinski definition) is 9. The van der Waals surface area contributed by atoms with Crippen LogP contribution in [-0.2, 0) is 54.5 Å². The second-order valence-corrected chi connectivity index (χ2v) is 18.1. The van der Waals surface area contributed by atoms with Crippen molar-refractivity contribution >= 4 is 57.2 Å². The Bertz CT molecular complexity index is 2630. The molecule has 0 aliphatic carbocycles. The molecular weight excluding hydrogens is 847 g/mol. The molecule has 2 heterocycles. The Labute approximate surface area is 391 Å². The van der Waals surface area contributed by atoms with Gasteiger partial charge in [0.15, 0.2) is 0 Å². The molecule has 15 nitrogen and oxygen atoms in total. The van der Waals surface area contributed by atoms with Crippen LogP contribution in [0.3, 0.4) is 0 Å². The van der Waals surface area contributed by atoms with Crippen molar-refractivity contribution in [1.29, 1.82) is 0 Å². The number of nitrogens with one attached hydrogen (secondary N) is 7. The summed E-state index contributed by atoms with van der Waals surface area (Å²) in [5, 5.41) is 16.0. The van der Waals surface area contributed by atoms with Gasteiger partial charge in [0.2, 0.25) is 35.4 Å². The Balaban J connectivity index is 1.30. The zero-order valence-electron chi connectivity index (χ0n) is 38.5. The van der Waals surface area contributed by atoms with Crippen molar-refractivity contribution < 1.29 is 28.8 Å². The van der Waals surface area contributed by atoms with Crippen molar-refractivity contribution in [2.75, 3.05) is 0 Å². The lowest BCUT2D eigenvalue weighted by Crippen LogP contribution is -2.60. The van der Waals surface area contributed by atoms with Gasteiger partial charge in [0.05, 0.1) is 6.04 Å². The summed E-state index contributed by atoms with van der Waals surface area (Å²) in [7, 11) is 0. The SMILES string of the molecule is CC(C)C[C@H](NC(=O)[C@H](CC(C)C)NC(=O)[C@H](Cc1c[nH]c2ccccc12)NC(=O)[C@H](Cc1ccccc1)NC(=O)[C@H](Cc1c[nH]c2ccccc12)NC(=O)[C@@H](N)Cc1ccccc1)C(N)=O. The van der Waals surface area contributed by atoms with Crippen LogP contribution < -0.4 is 38.1 Å². The molecule has 2 aromatic heterocycles. The second-order valence-electron chi connectivity index (χ2n) is 18.1. The standard InChI is InChI=1S/C52H63N9O6/c1-31(2)23-42(47(54)62)57-49(64)43(24-32(3)4)59-52(67)46(28-36-30-56-41-22-14-12-20-38(36)41)61-50(65)44(26-34-17-9-6-10-18-34)60-51(66)45(27-35-29-55-40-21-13-11-19-37(35)40)58-48(63)39(53)25-33-15-7-5-8-16-33/h5-22,29-32,39,42-46,55-56H,23-28,53H2,1-4H3,(H2,54,62)(H,57,64)(H,58,63)(H,59,67)(H,60,66)(H,61,65)/t39-,42-,43-,44-,45-,46-/m0/s1. The minimum atomic E-state index is -1.25. The molecule has 0 spiro atoms. The van der Waals surface area contributed by atoms with Crippen LogP contribution in [0.5, 0.6) is 0 Å². The van der Waals surface area contributed by atoms with Crippen molar-refractivity contribution in [2.45, 2.75) is 102 Å². The molecular formula is C52H63N9O6. The molecule has 6 rings (SSSR count). The number of aromatic amines is 2. The van der Waals surface area contributed by atoms with Gasteiger partial charge in [0.1, 0.15) is 30.2 Å². The van der Waals surface area contributed by atoms with Crippen molar-refractivity contribution in [3.8, 4) is 0 Å². The molecule has 6 aromatic rings. The van der Waals surface area contributed by atoms with Crippen molar-refractivity contribution in [3.63, 3.8) is 0 Å². The van der Waals surface area contributed by atoms with Gasteiger partial charge in [-0.2, -0.15) is 0 Å². The molecule has 352 valence electrons.